The Kier molecular flexibility index (Phi) is 6.19. The highest BCUT2D eigenvalue weighted by Gasteiger charge is 2.13. The van der Waals surface area contributed by atoms with Gasteiger partial charge in [0.15, 0.2) is 0 Å². The van der Waals surface area contributed by atoms with Gasteiger partial charge in [0.1, 0.15) is 0 Å². The summed E-state index contributed by atoms with van der Waals surface area (Å²) >= 11 is 0. The average Bonchev–Trinajstić information content (AvgIpc) is 2.66. The molecule has 5 nitrogen and oxygen atoms in total. The smallest absolute Gasteiger partial charge is 0.409 e. The first-order valence-corrected chi connectivity index (χ1v) is 7.62. The Morgan fingerprint density at radius 2 is 1.72 bits per heavy atom. The van der Waals surface area contributed by atoms with Crippen molar-refractivity contribution in [2.45, 2.75) is 6.54 Å². The highest BCUT2D eigenvalue weighted by atomic mass is 16.5. The van der Waals surface area contributed by atoms with Gasteiger partial charge in [-0.3, -0.25) is 0 Å². The molecule has 2 aromatic rings. The zero-order valence-corrected chi connectivity index (χ0v) is 14.4. The van der Waals surface area contributed by atoms with Crippen LogP contribution < -0.4 is 0 Å². The predicted octanol–water partition coefficient (Wildman–Crippen LogP) is 3.07. The van der Waals surface area contributed by atoms with Gasteiger partial charge in [-0.25, -0.2) is 9.59 Å². The summed E-state index contributed by atoms with van der Waals surface area (Å²) in [5.41, 5.74) is 2.61. The lowest BCUT2D eigenvalue weighted by Crippen LogP contribution is -2.25. The quantitative estimate of drug-likeness (QED) is 0.638. The van der Waals surface area contributed by atoms with E-state index in [4.69, 9.17) is 4.74 Å². The van der Waals surface area contributed by atoms with Crippen LogP contribution in [0.3, 0.4) is 0 Å². The number of rotatable bonds is 3. The molecule has 0 heterocycles. The minimum atomic E-state index is -0.453. The third-order valence-electron chi connectivity index (χ3n) is 3.51. The van der Waals surface area contributed by atoms with Crippen molar-refractivity contribution < 1.29 is 19.1 Å². The molecule has 5 heteroatoms. The van der Waals surface area contributed by atoms with E-state index in [9.17, 15) is 9.59 Å². The summed E-state index contributed by atoms with van der Waals surface area (Å²) in [6, 6.07) is 14.7. The zero-order chi connectivity index (χ0) is 18.2. The van der Waals surface area contributed by atoms with Crippen molar-refractivity contribution in [3.05, 3.63) is 70.8 Å². The van der Waals surface area contributed by atoms with Crippen LogP contribution in [0.4, 0.5) is 4.79 Å². The number of amides is 1. The molecule has 25 heavy (non-hydrogen) atoms. The fraction of sp³-hybridized carbons (Fsp3) is 0.200. The van der Waals surface area contributed by atoms with Gasteiger partial charge < -0.3 is 14.4 Å². The molecule has 128 valence electrons. The van der Waals surface area contributed by atoms with Gasteiger partial charge in [-0.15, -0.1) is 0 Å². The second-order valence-corrected chi connectivity index (χ2v) is 5.31. The van der Waals surface area contributed by atoms with Crippen LogP contribution in [0.25, 0.3) is 0 Å². The monoisotopic (exact) mass is 337 g/mol. The molecule has 0 aliphatic carbocycles. The van der Waals surface area contributed by atoms with Crippen LogP contribution in [0, 0.1) is 11.8 Å². The molecular weight excluding hydrogens is 318 g/mol. The lowest BCUT2D eigenvalue weighted by atomic mass is 10.0. The average molecular weight is 337 g/mol. The van der Waals surface area contributed by atoms with E-state index >= 15 is 0 Å². The van der Waals surface area contributed by atoms with Crippen LogP contribution in [0.15, 0.2) is 48.5 Å². The molecule has 2 aromatic carbocycles. The van der Waals surface area contributed by atoms with E-state index in [1.807, 2.05) is 30.3 Å². The van der Waals surface area contributed by atoms with E-state index in [1.54, 1.807) is 25.2 Å². The minimum absolute atomic E-state index is 0.341. The first-order chi connectivity index (χ1) is 12.0. The number of esters is 1. The summed E-state index contributed by atoms with van der Waals surface area (Å²) in [6.45, 7) is 0.341. The van der Waals surface area contributed by atoms with E-state index in [1.165, 1.54) is 19.1 Å². The first kappa shape index (κ1) is 18.1. The van der Waals surface area contributed by atoms with E-state index in [-0.39, 0.29) is 0 Å². The highest BCUT2D eigenvalue weighted by molar-refractivity contribution is 5.92. The van der Waals surface area contributed by atoms with E-state index in [2.05, 4.69) is 16.6 Å². The molecule has 0 atom stereocenters. The third kappa shape index (κ3) is 4.85. The fourth-order valence-electron chi connectivity index (χ4n) is 2.24. The highest BCUT2D eigenvalue weighted by Crippen LogP contribution is 2.15. The molecule has 0 saturated heterocycles. The topological polar surface area (TPSA) is 55.8 Å². The van der Waals surface area contributed by atoms with Gasteiger partial charge in [0, 0.05) is 24.7 Å². The molecule has 0 spiro atoms. The number of ether oxygens (including phenoxy) is 2. The van der Waals surface area contributed by atoms with Crippen LogP contribution in [-0.2, 0) is 16.0 Å². The zero-order valence-electron chi connectivity index (χ0n) is 14.4. The standard InChI is InChI=1S/C20H19NO4/c1-21(20(23)25-3)14-16-10-12-18(19(22)24-2)17(13-16)11-9-15-7-5-4-6-8-15/h4-8,10,12-13H,14H2,1-3H3. The minimum Gasteiger partial charge on any atom is -0.465 e. The van der Waals surface area contributed by atoms with Crippen molar-refractivity contribution in [1.29, 1.82) is 0 Å². The summed E-state index contributed by atoms with van der Waals surface area (Å²) < 4.78 is 9.50. The predicted molar refractivity (Wildman–Crippen MR) is 94.1 cm³/mol. The van der Waals surface area contributed by atoms with Crippen LogP contribution in [0.5, 0.6) is 0 Å². The molecule has 0 N–H and O–H groups in total. The molecule has 0 fully saturated rings. The fourth-order valence-corrected chi connectivity index (χ4v) is 2.24. The lowest BCUT2D eigenvalue weighted by Gasteiger charge is -2.16. The Labute approximate surface area is 147 Å². The normalized spacial score (nSPS) is 9.56. The summed E-state index contributed by atoms with van der Waals surface area (Å²) in [5, 5.41) is 0. The number of benzene rings is 2. The summed E-state index contributed by atoms with van der Waals surface area (Å²) in [4.78, 5) is 24.9. The van der Waals surface area contributed by atoms with Crippen molar-refractivity contribution >= 4 is 12.1 Å². The van der Waals surface area contributed by atoms with E-state index < -0.39 is 12.1 Å². The molecule has 0 aliphatic heterocycles. The molecule has 0 saturated carbocycles. The lowest BCUT2D eigenvalue weighted by molar-refractivity contribution is 0.0600. The molecule has 0 unspecified atom stereocenters. The number of hydrogen-bond donors (Lipinski definition) is 0. The van der Waals surface area contributed by atoms with Gasteiger partial charge in [0.2, 0.25) is 0 Å². The second-order valence-electron chi connectivity index (χ2n) is 5.31. The van der Waals surface area contributed by atoms with Gasteiger partial charge in [0.05, 0.1) is 19.8 Å². The first-order valence-electron chi connectivity index (χ1n) is 7.62. The second kappa shape index (κ2) is 8.55. The van der Waals surface area contributed by atoms with Gasteiger partial charge >= 0.3 is 12.1 Å². The number of carbonyl (C=O) groups excluding carboxylic acids is 2. The van der Waals surface area contributed by atoms with Gasteiger partial charge in [0.25, 0.3) is 0 Å². The van der Waals surface area contributed by atoms with Crippen molar-refractivity contribution in [2.75, 3.05) is 21.3 Å². The Morgan fingerprint density at radius 1 is 1.00 bits per heavy atom. The number of nitrogens with zero attached hydrogens (tertiary/aromatic N) is 1. The molecular formula is C20H19NO4. The largest absolute Gasteiger partial charge is 0.465 e. The number of hydrogen-bond acceptors (Lipinski definition) is 4. The Hall–Kier alpha value is -3.26. The van der Waals surface area contributed by atoms with Crippen LogP contribution >= 0.6 is 0 Å². The van der Waals surface area contributed by atoms with Gasteiger partial charge in [-0.05, 0) is 29.8 Å². The summed E-state index contributed by atoms with van der Waals surface area (Å²) in [7, 11) is 4.29. The molecule has 0 bridgehead atoms. The van der Waals surface area contributed by atoms with Crippen LogP contribution in [0.2, 0.25) is 0 Å². The third-order valence-corrected chi connectivity index (χ3v) is 3.51. The Balaban J connectivity index is 2.36. The Bertz CT molecular complexity index is 819. The summed E-state index contributed by atoms with van der Waals surface area (Å²) in [6.07, 6.45) is -0.436. The van der Waals surface area contributed by atoms with Crippen molar-refractivity contribution in [1.82, 2.24) is 4.90 Å². The Morgan fingerprint density at radius 3 is 2.36 bits per heavy atom. The number of carbonyl (C=O) groups is 2. The maximum Gasteiger partial charge on any atom is 0.409 e. The van der Waals surface area contributed by atoms with Crippen molar-refractivity contribution in [3.8, 4) is 11.8 Å². The molecule has 0 aromatic heterocycles. The van der Waals surface area contributed by atoms with Crippen LogP contribution in [-0.4, -0.2) is 38.2 Å². The molecule has 0 radical (unpaired) electrons. The SMILES string of the molecule is COC(=O)c1ccc(CN(C)C(=O)OC)cc1C#Cc1ccccc1. The molecule has 1 amide bonds. The van der Waals surface area contributed by atoms with E-state index in [0.717, 1.165) is 11.1 Å². The van der Waals surface area contributed by atoms with Gasteiger partial charge in [-0.1, -0.05) is 36.1 Å². The maximum atomic E-state index is 12.0. The molecule has 2 rings (SSSR count). The number of methoxy groups -OCH3 is 2. The van der Waals surface area contributed by atoms with Crippen LogP contribution in [0.1, 0.15) is 27.0 Å². The summed E-state index contributed by atoms with van der Waals surface area (Å²) in [5.74, 6) is 5.59. The molecule has 0 aliphatic rings. The maximum absolute atomic E-state index is 12.0. The van der Waals surface area contributed by atoms with Crippen molar-refractivity contribution in [3.63, 3.8) is 0 Å². The van der Waals surface area contributed by atoms with Gasteiger partial charge in [-0.2, -0.15) is 0 Å². The van der Waals surface area contributed by atoms with E-state index in [0.29, 0.717) is 17.7 Å². The van der Waals surface area contributed by atoms with Crippen molar-refractivity contribution in [2.24, 2.45) is 0 Å².